The van der Waals surface area contributed by atoms with Crippen molar-refractivity contribution in [3.05, 3.63) is 42.5 Å². The lowest BCUT2D eigenvalue weighted by molar-refractivity contribution is 0.414. The molecule has 2 aromatic rings. The number of nitrogens with zero attached hydrogens (tertiary/aromatic N) is 2. The Hall–Kier alpha value is -1.81. The number of aromatic nitrogens is 2. The zero-order valence-corrected chi connectivity index (χ0v) is 9.26. The molecule has 16 heavy (non-hydrogen) atoms. The van der Waals surface area contributed by atoms with Crippen LogP contribution in [0.15, 0.2) is 36.8 Å². The highest BCUT2D eigenvalue weighted by Gasteiger charge is 2.01. The Morgan fingerprint density at radius 1 is 1.44 bits per heavy atom. The van der Waals surface area contributed by atoms with Crippen LogP contribution < -0.4 is 10.5 Å². The van der Waals surface area contributed by atoms with Crippen molar-refractivity contribution in [2.75, 3.05) is 13.7 Å². The summed E-state index contributed by atoms with van der Waals surface area (Å²) >= 11 is 0. The minimum Gasteiger partial charge on any atom is -0.497 e. The fourth-order valence-corrected chi connectivity index (χ4v) is 1.55. The van der Waals surface area contributed by atoms with Crippen LogP contribution >= 0.6 is 0 Å². The van der Waals surface area contributed by atoms with Gasteiger partial charge in [-0.2, -0.15) is 0 Å². The molecule has 0 unspecified atom stereocenters. The van der Waals surface area contributed by atoms with Gasteiger partial charge in [0, 0.05) is 18.7 Å². The molecule has 0 aliphatic heterocycles. The summed E-state index contributed by atoms with van der Waals surface area (Å²) in [5, 5.41) is 0. The monoisotopic (exact) mass is 217 g/mol. The van der Waals surface area contributed by atoms with Crippen molar-refractivity contribution >= 4 is 0 Å². The number of nitrogens with two attached hydrogens (primary N) is 1. The Labute approximate surface area is 94.7 Å². The number of hydrogen-bond donors (Lipinski definition) is 1. The molecule has 0 spiro atoms. The van der Waals surface area contributed by atoms with E-state index in [2.05, 4.69) is 4.98 Å². The van der Waals surface area contributed by atoms with Gasteiger partial charge in [0.05, 0.1) is 24.8 Å². The Kier molecular flexibility index (Phi) is 3.22. The number of methoxy groups -OCH3 is 1. The van der Waals surface area contributed by atoms with Crippen LogP contribution in [0.5, 0.6) is 5.75 Å². The molecular formula is C12H15N3O. The lowest BCUT2D eigenvalue weighted by Crippen LogP contribution is -2.02. The predicted molar refractivity (Wildman–Crippen MR) is 62.9 cm³/mol. The summed E-state index contributed by atoms with van der Waals surface area (Å²) < 4.78 is 7.14. The number of ether oxygens (including phenoxy) is 1. The third-order valence-corrected chi connectivity index (χ3v) is 2.39. The fraction of sp³-hybridized carbons (Fsp3) is 0.250. The van der Waals surface area contributed by atoms with Gasteiger partial charge in [-0.25, -0.2) is 4.98 Å². The molecule has 1 aromatic heterocycles. The molecule has 2 N–H and O–H groups in total. The number of hydrogen-bond acceptors (Lipinski definition) is 3. The molecule has 1 heterocycles. The Morgan fingerprint density at radius 3 is 3.06 bits per heavy atom. The van der Waals surface area contributed by atoms with Gasteiger partial charge in [0.15, 0.2) is 0 Å². The molecule has 0 radical (unpaired) electrons. The zero-order chi connectivity index (χ0) is 11.4. The van der Waals surface area contributed by atoms with Gasteiger partial charge in [-0.1, -0.05) is 6.07 Å². The predicted octanol–water partition coefficient (Wildman–Crippen LogP) is 1.38. The summed E-state index contributed by atoms with van der Waals surface area (Å²) in [5.41, 5.74) is 7.53. The molecule has 4 nitrogen and oxygen atoms in total. The van der Waals surface area contributed by atoms with E-state index in [4.69, 9.17) is 10.5 Å². The van der Waals surface area contributed by atoms with E-state index in [-0.39, 0.29) is 0 Å². The van der Waals surface area contributed by atoms with Crippen LogP contribution in [0.1, 0.15) is 5.69 Å². The average molecular weight is 217 g/mol. The maximum absolute atomic E-state index is 5.48. The third-order valence-electron chi connectivity index (χ3n) is 2.39. The van der Waals surface area contributed by atoms with Crippen LogP contribution in [-0.2, 0) is 6.42 Å². The normalized spacial score (nSPS) is 10.4. The Balaban J connectivity index is 2.27. The highest BCUT2D eigenvalue weighted by Crippen LogP contribution is 2.16. The Morgan fingerprint density at radius 2 is 2.31 bits per heavy atom. The van der Waals surface area contributed by atoms with Gasteiger partial charge in [0.1, 0.15) is 5.75 Å². The van der Waals surface area contributed by atoms with Gasteiger partial charge < -0.3 is 15.0 Å². The Bertz CT molecular complexity index is 465. The lowest BCUT2D eigenvalue weighted by Gasteiger charge is -2.04. The van der Waals surface area contributed by atoms with Crippen LogP contribution in [0.3, 0.4) is 0 Å². The van der Waals surface area contributed by atoms with Crippen LogP contribution in [0.4, 0.5) is 0 Å². The van der Waals surface area contributed by atoms with E-state index in [9.17, 15) is 0 Å². The van der Waals surface area contributed by atoms with E-state index in [1.165, 1.54) is 0 Å². The number of imidazole rings is 1. The summed E-state index contributed by atoms with van der Waals surface area (Å²) in [5.74, 6) is 0.839. The largest absolute Gasteiger partial charge is 0.497 e. The minimum absolute atomic E-state index is 0.620. The second kappa shape index (κ2) is 4.81. The van der Waals surface area contributed by atoms with E-state index in [1.54, 1.807) is 13.4 Å². The maximum atomic E-state index is 5.48. The first kappa shape index (κ1) is 10.7. The summed E-state index contributed by atoms with van der Waals surface area (Å²) in [6.45, 7) is 0.620. The molecule has 84 valence electrons. The first-order valence-electron chi connectivity index (χ1n) is 5.21. The van der Waals surface area contributed by atoms with E-state index >= 15 is 0 Å². The molecule has 0 amide bonds. The van der Waals surface area contributed by atoms with Gasteiger partial charge >= 0.3 is 0 Å². The number of benzene rings is 1. The second-order valence-electron chi connectivity index (χ2n) is 3.51. The van der Waals surface area contributed by atoms with Gasteiger partial charge in [0.25, 0.3) is 0 Å². The van der Waals surface area contributed by atoms with Crippen LogP contribution in [0.25, 0.3) is 5.69 Å². The van der Waals surface area contributed by atoms with Crippen LogP contribution in [0.2, 0.25) is 0 Å². The van der Waals surface area contributed by atoms with E-state index in [1.807, 2.05) is 35.0 Å². The van der Waals surface area contributed by atoms with Crippen molar-refractivity contribution in [3.63, 3.8) is 0 Å². The third kappa shape index (κ3) is 2.23. The van der Waals surface area contributed by atoms with E-state index < -0.39 is 0 Å². The first-order chi connectivity index (χ1) is 7.83. The lowest BCUT2D eigenvalue weighted by atomic mass is 10.3. The minimum atomic E-state index is 0.620. The van der Waals surface area contributed by atoms with Crippen molar-refractivity contribution in [1.82, 2.24) is 9.55 Å². The molecule has 0 saturated carbocycles. The highest BCUT2D eigenvalue weighted by molar-refractivity contribution is 5.39. The molecule has 0 bridgehead atoms. The van der Waals surface area contributed by atoms with Gasteiger partial charge in [-0.3, -0.25) is 0 Å². The molecule has 0 aliphatic carbocycles. The van der Waals surface area contributed by atoms with Crippen molar-refractivity contribution in [1.29, 1.82) is 0 Å². The summed E-state index contributed by atoms with van der Waals surface area (Å²) in [7, 11) is 1.66. The summed E-state index contributed by atoms with van der Waals surface area (Å²) in [6, 6.07) is 7.85. The molecular weight excluding hydrogens is 202 g/mol. The van der Waals surface area contributed by atoms with E-state index in [0.717, 1.165) is 23.6 Å². The average Bonchev–Trinajstić information content (AvgIpc) is 2.78. The summed E-state index contributed by atoms with van der Waals surface area (Å²) in [6.07, 6.45) is 4.58. The second-order valence-corrected chi connectivity index (χ2v) is 3.51. The topological polar surface area (TPSA) is 53.1 Å². The SMILES string of the molecule is COc1cccc(-n2cnc(CCN)c2)c1. The standard InChI is InChI=1S/C12H15N3O/c1-16-12-4-2-3-11(7-12)15-8-10(5-6-13)14-9-15/h2-4,7-9H,5-6,13H2,1H3. The molecule has 0 aliphatic rings. The quantitative estimate of drug-likeness (QED) is 0.841. The van der Waals surface area contributed by atoms with Crippen molar-refractivity contribution < 1.29 is 4.74 Å². The van der Waals surface area contributed by atoms with Crippen molar-refractivity contribution in [2.45, 2.75) is 6.42 Å². The fourth-order valence-electron chi connectivity index (χ4n) is 1.55. The first-order valence-corrected chi connectivity index (χ1v) is 5.21. The van der Waals surface area contributed by atoms with Crippen molar-refractivity contribution in [2.24, 2.45) is 5.73 Å². The molecule has 0 saturated heterocycles. The van der Waals surface area contributed by atoms with Gasteiger partial charge in [0.2, 0.25) is 0 Å². The van der Waals surface area contributed by atoms with E-state index in [0.29, 0.717) is 6.54 Å². The maximum Gasteiger partial charge on any atom is 0.120 e. The molecule has 1 aromatic carbocycles. The number of rotatable bonds is 4. The van der Waals surface area contributed by atoms with Crippen molar-refractivity contribution in [3.8, 4) is 11.4 Å². The van der Waals surface area contributed by atoms with Crippen LogP contribution in [0, 0.1) is 0 Å². The highest BCUT2D eigenvalue weighted by atomic mass is 16.5. The zero-order valence-electron chi connectivity index (χ0n) is 9.26. The molecule has 4 heteroatoms. The molecule has 0 fully saturated rings. The van der Waals surface area contributed by atoms with Crippen LogP contribution in [-0.4, -0.2) is 23.2 Å². The molecule has 2 rings (SSSR count). The van der Waals surface area contributed by atoms with Gasteiger partial charge in [-0.05, 0) is 18.7 Å². The van der Waals surface area contributed by atoms with Gasteiger partial charge in [-0.15, -0.1) is 0 Å². The smallest absolute Gasteiger partial charge is 0.120 e. The molecule has 0 atom stereocenters. The summed E-state index contributed by atoms with van der Waals surface area (Å²) in [4.78, 5) is 4.28.